The molecule has 0 amide bonds. The Bertz CT molecular complexity index is 639. The lowest BCUT2D eigenvalue weighted by Gasteiger charge is -2.35. The molecule has 1 aromatic rings. The Morgan fingerprint density at radius 1 is 1.33 bits per heavy atom. The minimum Gasteiger partial charge on any atom is -0.496 e. The second-order valence-corrected chi connectivity index (χ2v) is 9.30. The molecule has 0 aliphatic heterocycles. The van der Waals surface area contributed by atoms with E-state index in [-0.39, 0.29) is 6.04 Å². The van der Waals surface area contributed by atoms with Gasteiger partial charge in [-0.1, -0.05) is 15.9 Å². The molecule has 0 spiro atoms. The summed E-state index contributed by atoms with van der Waals surface area (Å²) in [5.74, 6) is 0.728. The molecule has 1 unspecified atom stereocenters. The topological polar surface area (TPSA) is 55.4 Å². The van der Waals surface area contributed by atoms with Crippen LogP contribution in [-0.4, -0.2) is 33.6 Å². The van der Waals surface area contributed by atoms with Crippen LogP contribution in [0.5, 0.6) is 5.75 Å². The maximum atomic E-state index is 12.2. The van der Waals surface area contributed by atoms with Crippen LogP contribution < -0.4 is 10.1 Å². The maximum Gasteiger partial charge on any atom is 0.154 e. The molecule has 0 aromatic heterocycles. The van der Waals surface area contributed by atoms with Crippen molar-refractivity contribution < 1.29 is 13.2 Å². The zero-order chi connectivity index (χ0) is 16.6. The fourth-order valence-electron chi connectivity index (χ4n) is 2.55. The van der Waals surface area contributed by atoms with Crippen molar-refractivity contribution in [3.63, 3.8) is 0 Å². The van der Waals surface area contributed by atoms with Crippen molar-refractivity contribution in [1.82, 2.24) is 5.32 Å². The minimum absolute atomic E-state index is 0.376. The quantitative estimate of drug-likeness (QED) is 0.855. The van der Waals surface area contributed by atoms with Gasteiger partial charge < -0.3 is 10.1 Å². The molecule has 0 heterocycles. The summed E-state index contributed by atoms with van der Waals surface area (Å²) in [5.41, 5.74) is 2.82. The van der Waals surface area contributed by atoms with Crippen molar-refractivity contribution in [2.45, 2.75) is 38.5 Å². The Morgan fingerprint density at radius 3 is 2.24 bits per heavy atom. The molecule has 0 saturated carbocycles. The molecule has 0 aliphatic rings. The number of sulfone groups is 1. The van der Waals surface area contributed by atoms with Crippen LogP contribution in [0.1, 0.15) is 36.6 Å². The molecule has 0 fully saturated rings. The molecule has 1 rings (SSSR count). The highest BCUT2D eigenvalue weighted by atomic mass is 79.9. The molecule has 0 radical (unpaired) electrons. The smallest absolute Gasteiger partial charge is 0.154 e. The molecule has 1 atom stereocenters. The van der Waals surface area contributed by atoms with Gasteiger partial charge in [0.1, 0.15) is 5.75 Å². The molecule has 4 nitrogen and oxygen atoms in total. The van der Waals surface area contributed by atoms with Crippen LogP contribution in [-0.2, 0) is 9.84 Å². The van der Waals surface area contributed by atoms with Crippen molar-refractivity contribution in [1.29, 1.82) is 0 Å². The largest absolute Gasteiger partial charge is 0.496 e. The van der Waals surface area contributed by atoms with E-state index in [1.807, 2.05) is 19.9 Å². The number of hydrogen-bond acceptors (Lipinski definition) is 4. The van der Waals surface area contributed by atoms with Crippen molar-refractivity contribution in [3.05, 3.63) is 27.2 Å². The van der Waals surface area contributed by atoms with Crippen LogP contribution in [0, 0.1) is 13.8 Å². The fraction of sp³-hybridized carbons (Fsp3) is 0.600. The third kappa shape index (κ3) is 3.27. The summed E-state index contributed by atoms with van der Waals surface area (Å²) < 4.78 is 30.0. The van der Waals surface area contributed by atoms with Crippen molar-refractivity contribution in [2.75, 3.05) is 20.4 Å². The number of halogens is 1. The summed E-state index contributed by atoms with van der Waals surface area (Å²) in [7, 11) is 0.118. The summed E-state index contributed by atoms with van der Waals surface area (Å²) in [6.07, 6.45) is 1.27. The molecule has 0 saturated heterocycles. The predicted octanol–water partition coefficient (Wildman–Crippen LogP) is 3.16. The van der Waals surface area contributed by atoms with E-state index in [4.69, 9.17) is 4.74 Å². The predicted molar refractivity (Wildman–Crippen MR) is 90.9 cm³/mol. The van der Waals surface area contributed by atoms with E-state index in [1.54, 1.807) is 28.0 Å². The highest BCUT2D eigenvalue weighted by molar-refractivity contribution is 9.10. The van der Waals surface area contributed by atoms with Crippen LogP contribution in [0.4, 0.5) is 0 Å². The number of hydrogen-bond donors (Lipinski definition) is 1. The minimum atomic E-state index is -3.26. The molecule has 21 heavy (non-hydrogen) atoms. The Balaban J connectivity index is 3.71. The lowest BCUT2D eigenvalue weighted by Crippen LogP contribution is -2.44. The van der Waals surface area contributed by atoms with Gasteiger partial charge in [-0.15, -0.1) is 0 Å². The molecule has 0 bridgehead atoms. The molecule has 0 aliphatic carbocycles. The third-order valence-electron chi connectivity index (χ3n) is 4.14. The second-order valence-electron chi connectivity index (χ2n) is 5.84. The fourth-order valence-corrected chi connectivity index (χ4v) is 3.77. The van der Waals surface area contributed by atoms with Crippen LogP contribution in [0.2, 0.25) is 0 Å². The molecule has 120 valence electrons. The van der Waals surface area contributed by atoms with E-state index in [9.17, 15) is 8.42 Å². The first-order valence-corrected chi connectivity index (χ1v) is 9.37. The van der Waals surface area contributed by atoms with E-state index in [2.05, 4.69) is 21.2 Å². The number of nitrogens with one attached hydrogen (secondary N) is 1. The monoisotopic (exact) mass is 377 g/mol. The Kier molecular flexibility index (Phi) is 5.51. The molecule has 1 N–H and O–H groups in total. The maximum absolute atomic E-state index is 12.2. The summed E-state index contributed by atoms with van der Waals surface area (Å²) >= 11 is 3.54. The van der Waals surface area contributed by atoms with E-state index in [1.165, 1.54) is 6.26 Å². The number of rotatable bonds is 5. The van der Waals surface area contributed by atoms with E-state index in [0.29, 0.717) is 0 Å². The van der Waals surface area contributed by atoms with Crippen LogP contribution in [0.15, 0.2) is 10.5 Å². The summed E-state index contributed by atoms with van der Waals surface area (Å²) in [4.78, 5) is 0. The van der Waals surface area contributed by atoms with Crippen molar-refractivity contribution in [2.24, 2.45) is 0 Å². The van der Waals surface area contributed by atoms with E-state index in [0.717, 1.165) is 26.9 Å². The molecule has 6 heteroatoms. The summed E-state index contributed by atoms with van der Waals surface area (Å²) in [6.45, 7) is 7.38. The number of ether oxygens (including phenoxy) is 1. The Hall–Kier alpha value is -0.590. The normalized spacial score (nSPS) is 14.1. The molecular weight excluding hydrogens is 354 g/mol. The molecular formula is C15H24BrNO3S. The zero-order valence-electron chi connectivity index (χ0n) is 13.7. The lowest BCUT2D eigenvalue weighted by molar-refractivity contribution is 0.381. The molecule has 1 aromatic carbocycles. The van der Waals surface area contributed by atoms with Crippen molar-refractivity contribution in [3.8, 4) is 5.75 Å². The second kappa shape index (κ2) is 6.26. The summed E-state index contributed by atoms with van der Waals surface area (Å²) in [5, 5.41) is 3.16. The number of methoxy groups -OCH3 is 1. The highest BCUT2D eigenvalue weighted by Crippen LogP contribution is 2.42. The van der Waals surface area contributed by atoms with Gasteiger partial charge in [-0.05, 0) is 51.9 Å². The van der Waals surface area contributed by atoms with E-state index >= 15 is 0 Å². The average Bonchev–Trinajstić information content (AvgIpc) is 2.34. The first-order chi connectivity index (χ1) is 9.48. The third-order valence-corrected chi connectivity index (χ3v) is 7.11. The highest BCUT2D eigenvalue weighted by Gasteiger charge is 2.41. The van der Waals surface area contributed by atoms with Gasteiger partial charge in [-0.3, -0.25) is 0 Å². The van der Waals surface area contributed by atoms with Gasteiger partial charge in [0.25, 0.3) is 0 Å². The SMILES string of the molecule is CNC(c1c(C)c(Br)cc(C)c1OC)C(C)(C)S(C)(=O)=O. The van der Waals surface area contributed by atoms with Gasteiger partial charge in [-0.25, -0.2) is 8.42 Å². The number of aryl methyl sites for hydroxylation is 1. The van der Waals surface area contributed by atoms with Gasteiger partial charge in [0.2, 0.25) is 0 Å². The van der Waals surface area contributed by atoms with Gasteiger partial charge in [0.15, 0.2) is 9.84 Å². The van der Waals surface area contributed by atoms with Gasteiger partial charge in [0.05, 0.1) is 17.9 Å². The Labute approximate surface area is 136 Å². The first kappa shape index (κ1) is 18.5. The lowest BCUT2D eigenvalue weighted by atomic mass is 9.89. The zero-order valence-corrected chi connectivity index (χ0v) is 16.1. The standard InChI is InChI=1S/C15H24BrNO3S/c1-9-8-11(16)10(2)12(13(9)20-6)14(17-5)15(3,4)21(7,18)19/h8,14,17H,1-7H3. The van der Waals surface area contributed by atoms with Gasteiger partial charge in [-0.2, -0.15) is 0 Å². The first-order valence-electron chi connectivity index (χ1n) is 6.69. The van der Waals surface area contributed by atoms with Crippen LogP contribution >= 0.6 is 15.9 Å². The number of benzene rings is 1. The van der Waals surface area contributed by atoms with Gasteiger partial charge >= 0.3 is 0 Å². The van der Waals surface area contributed by atoms with Crippen LogP contribution in [0.25, 0.3) is 0 Å². The van der Waals surface area contributed by atoms with Crippen molar-refractivity contribution >= 4 is 25.8 Å². The van der Waals surface area contributed by atoms with Gasteiger partial charge in [0, 0.05) is 16.3 Å². The van der Waals surface area contributed by atoms with E-state index < -0.39 is 14.6 Å². The average molecular weight is 378 g/mol. The van der Waals surface area contributed by atoms with Crippen LogP contribution in [0.3, 0.4) is 0 Å². The Morgan fingerprint density at radius 2 is 1.86 bits per heavy atom. The summed E-state index contributed by atoms with van der Waals surface area (Å²) in [6, 6.07) is 1.61.